The number of nitrogens with zero attached hydrogens (tertiary/aromatic N) is 3. The molecule has 0 aliphatic rings. The van der Waals surface area contributed by atoms with Crippen molar-refractivity contribution in [1.82, 2.24) is 15.3 Å². The Kier molecular flexibility index (Phi) is 1.64. The zero-order valence-corrected chi connectivity index (χ0v) is 4.49. The summed E-state index contributed by atoms with van der Waals surface area (Å²) in [7, 11) is 0. The van der Waals surface area contributed by atoms with Gasteiger partial charge in [-0.2, -0.15) is 0 Å². The Balaban J connectivity index is 2.50. The van der Waals surface area contributed by atoms with Crippen LogP contribution >= 0.6 is 0 Å². The van der Waals surface area contributed by atoms with E-state index in [1.165, 1.54) is 0 Å². The molecule has 0 N–H and O–H groups in total. The predicted octanol–water partition coefficient (Wildman–Crippen LogP) is -0.0482. The van der Waals surface area contributed by atoms with Gasteiger partial charge in [0.25, 0.3) is 0 Å². The van der Waals surface area contributed by atoms with Crippen LogP contribution in [0.5, 0.6) is 0 Å². The molecule has 0 saturated heterocycles. The Morgan fingerprint density at radius 1 is 1.62 bits per heavy atom. The highest BCUT2D eigenvalue weighted by atomic mass is 15.0. The maximum Gasteiger partial charge on any atom is 0.0946 e. The summed E-state index contributed by atoms with van der Waals surface area (Å²) in [5.41, 5.74) is 8.39. The maximum atomic E-state index is 8.39. The Morgan fingerprint density at radius 2 is 2.50 bits per heavy atom. The van der Waals surface area contributed by atoms with E-state index in [0.29, 0.717) is 6.54 Å². The third kappa shape index (κ3) is 1.07. The van der Waals surface area contributed by atoms with E-state index in [1.807, 2.05) is 10.8 Å². The summed E-state index contributed by atoms with van der Waals surface area (Å²) in [5.74, 6) is 0. The van der Waals surface area contributed by atoms with Crippen molar-refractivity contribution in [3.63, 3.8) is 0 Å². The van der Waals surface area contributed by atoms with Crippen LogP contribution in [0, 0.1) is 0 Å². The van der Waals surface area contributed by atoms with Crippen LogP contribution in [0.4, 0.5) is 0 Å². The molecule has 0 unspecified atom stereocenters. The van der Waals surface area contributed by atoms with Gasteiger partial charge in [-0.15, -0.1) is 5.73 Å². The van der Waals surface area contributed by atoms with Crippen molar-refractivity contribution in [2.24, 2.45) is 0 Å². The van der Waals surface area contributed by atoms with Gasteiger partial charge in [-0.1, -0.05) is 0 Å². The summed E-state index contributed by atoms with van der Waals surface area (Å²) < 4.78 is 1.82. The highest BCUT2D eigenvalue weighted by Crippen LogP contribution is 1.81. The van der Waals surface area contributed by atoms with E-state index < -0.39 is 0 Å². The van der Waals surface area contributed by atoms with E-state index in [4.69, 9.17) is 5.73 Å². The van der Waals surface area contributed by atoms with Crippen LogP contribution < -0.4 is 5.73 Å². The fourth-order valence-electron chi connectivity index (χ4n) is 0.534. The topological polar surface area (TPSA) is 40.1 Å². The molecule has 0 atom stereocenters. The van der Waals surface area contributed by atoms with Crippen LogP contribution in [-0.2, 0) is 6.54 Å². The van der Waals surface area contributed by atoms with Gasteiger partial charge in [-0.25, -0.2) is 4.98 Å². The monoisotopic (exact) mass is 109 g/mol. The summed E-state index contributed by atoms with van der Waals surface area (Å²) >= 11 is 0. The van der Waals surface area contributed by atoms with E-state index >= 15 is 0 Å². The smallest absolute Gasteiger partial charge is 0.0946 e. The highest BCUT2D eigenvalue weighted by Gasteiger charge is 1.83. The minimum Gasteiger partial charge on any atom is -0.336 e. The van der Waals surface area contributed by atoms with Crippen molar-refractivity contribution in [2.75, 3.05) is 6.54 Å². The van der Waals surface area contributed by atoms with E-state index in [0.717, 1.165) is 0 Å². The molecule has 0 fully saturated rings. The van der Waals surface area contributed by atoms with Crippen LogP contribution in [0.3, 0.4) is 0 Å². The second-order valence-electron chi connectivity index (χ2n) is 1.52. The zero-order chi connectivity index (χ0) is 5.82. The second kappa shape index (κ2) is 2.47. The molecule has 0 aliphatic carbocycles. The first-order valence-electron chi connectivity index (χ1n) is 2.50. The Bertz CT molecular complexity index is 133. The number of hydrogen-bond donors (Lipinski definition) is 0. The average Bonchev–Trinajstić information content (AvgIpc) is 2.19. The molecule has 0 aromatic carbocycles. The Hall–Kier alpha value is -0.830. The molecule has 1 rings (SSSR count). The summed E-state index contributed by atoms with van der Waals surface area (Å²) in [4.78, 5) is 3.79. The van der Waals surface area contributed by atoms with Gasteiger partial charge in [0, 0.05) is 18.9 Å². The summed E-state index contributed by atoms with van der Waals surface area (Å²) in [6.45, 7) is 0.816. The SMILES string of the molecule is [N]CCn1ccnc1. The Labute approximate surface area is 48.1 Å². The van der Waals surface area contributed by atoms with E-state index in [2.05, 4.69) is 4.98 Å². The molecule has 1 aromatic rings. The highest BCUT2D eigenvalue weighted by molar-refractivity contribution is 4.73. The van der Waals surface area contributed by atoms with Gasteiger partial charge in [0.2, 0.25) is 0 Å². The minimum absolute atomic E-state index is 0.177. The maximum absolute atomic E-state index is 8.39. The molecule has 3 heteroatoms. The molecule has 0 bridgehead atoms. The predicted molar refractivity (Wildman–Crippen MR) is 29.2 cm³/mol. The van der Waals surface area contributed by atoms with E-state index in [1.54, 1.807) is 12.5 Å². The van der Waals surface area contributed by atoms with Crippen molar-refractivity contribution >= 4 is 0 Å². The minimum atomic E-state index is 0.177. The molecule has 0 spiro atoms. The lowest BCUT2D eigenvalue weighted by Crippen LogP contribution is -1.99. The summed E-state index contributed by atoms with van der Waals surface area (Å²) in [6, 6.07) is 0. The van der Waals surface area contributed by atoms with Gasteiger partial charge in [0.05, 0.1) is 12.9 Å². The molecule has 1 aromatic heterocycles. The first-order valence-corrected chi connectivity index (χ1v) is 2.50. The fourth-order valence-corrected chi connectivity index (χ4v) is 0.534. The third-order valence-electron chi connectivity index (χ3n) is 0.917. The number of rotatable bonds is 2. The third-order valence-corrected chi connectivity index (χ3v) is 0.917. The molecular weight excluding hydrogens is 102 g/mol. The molecule has 0 saturated carbocycles. The van der Waals surface area contributed by atoms with Crippen molar-refractivity contribution in [3.8, 4) is 0 Å². The number of hydrogen-bond acceptors (Lipinski definition) is 1. The second-order valence-corrected chi connectivity index (χ2v) is 1.52. The van der Waals surface area contributed by atoms with Gasteiger partial charge in [-0.3, -0.25) is 0 Å². The van der Waals surface area contributed by atoms with Gasteiger partial charge in [-0.05, 0) is 0 Å². The molecule has 3 nitrogen and oxygen atoms in total. The van der Waals surface area contributed by atoms with Crippen LogP contribution in [-0.4, -0.2) is 16.1 Å². The van der Waals surface area contributed by atoms with Crippen LogP contribution in [0.2, 0.25) is 0 Å². The van der Waals surface area contributed by atoms with Crippen molar-refractivity contribution in [2.45, 2.75) is 6.54 Å². The summed E-state index contributed by atoms with van der Waals surface area (Å²) in [6.07, 6.45) is 5.18. The van der Waals surface area contributed by atoms with Crippen molar-refractivity contribution in [3.05, 3.63) is 18.7 Å². The number of aromatic nitrogens is 2. The van der Waals surface area contributed by atoms with Crippen LogP contribution in [0.1, 0.15) is 0 Å². The lowest BCUT2D eigenvalue weighted by molar-refractivity contribution is 0.698. The van der Waals surface area contributed by atoms with Crippen molar-refractivity contribution < 1.29 is 0 Å². The van der Waals surface area contributed by atoms with Crippen molar-refractivity contribution in [1.29, 1.82) is 0 Å². The van der Waals surface area contributed by atoms with Crippen LogP contribution in [0.25, 0.3) is 0 Å². The lowest BCUT2D eigenvalue weighted by Gasteiger charge is -1.92. The largest absolute Gasteiger partial charge is 0.336 e. The molecule has 0 aliphatic heterocycles. The summed E-state index contributed by atoms with van der Waals surface area (Å²) in [5, 5.41) is 0. The van der Waals surface area contributed by atoms with Gasteiger partial charge in [0.1, 0.15) is 0 Å². The molecule has 8 heavy (non-hydrogen) atoms. The van der Waals surface area contributed by atoms with E-state index in [9.17, 15) is 0 Å². The quantitative estimate of drug-likeness (QED) is 0.525. The zero-order valence-electron chi connectivity index (χ0n) is 4.49. The van der Waals surface area contributed by atoms with Gasteiger partial charge < -0.3 is 4.57 Å². The number of imidazole rings is 1. The molecular formula is C5H7N3. The van der Waals surface area contributed by atoms with Gasteiger partial charge >= 0.3 is 0 Å². The Morgan fingerprint density at radius 3 is 3.00 bits per heavy atom. The van der Waals surface area contributed by atoms with Crippen LogP contribution in [0.15, 0.2) is 18.7 Å². The van der Waals surface area contributed by atoms with E-state index in [-0.39, 0.29) is 6.54 Å². The molecule has 1 heterocycles. The normalized spacial score (nSPS) is 9.62. The lowest BCUT2D eigenvalue weighted by atomic mass is 10.6. The standard InChI is InChI=1S/C5H7N3/c6-1-3-8-4-2-7-5-8/h2,4-5H,1,3H2. The fraction of sp³-hybridized carbons (Fsp3) is 0.400. The molecule has 2 radical (unpaired) electrons. The first kappa shape index (κ1) is 5.31. The molecule has 0 amide bonds. The molecule has 42 valence electrons. The first-order chi connectivity index (χ1) is 3.93. The van der Waals surface area contributed by atoms with Gasteiger partial charge in [0.15, 0.2) is 0 Å². The average molecular weight is 109 g/mol.